The summed E-state index contributed by atoms with van der Waals surface area (Å²) >= 11 is 1.02. The molecule has 1 fully saturated rings. The molecule has 1 aliphatic rings. The SMILES string of the molecule is O=c1oc2cc(CC3CCCN3)c(O)cc2s1. The Labute approximate surface area is 102 Å². The molecule has 1 saturated heterocycles. The summed E-state index contributed by atoms with van der Waals surface area (Å²) in [6.07, 6.45) is 3.09. The Bertz CT molecular complexity index is 595. The quantitative estimate of drug-likeness (QED) is 0.855. The average molecular weight is 251 g/mol. The molecule has 4 nitrogen and oxygen atoms in total. The van der Waals surface area contributed by atoms with Gasteiger partial charge in [-0.3, -0.25) is 0 Å². The molecule has 0 amide bonds. The van der Waals surface area contributed by atoms with Gasteiger partial charge in [0.2, 0.25) is 0 Å². The van der Waals surface area contributed by atoms with E-state index in [9.17, 15) is 9.90 Å². The van der Waals surface area contributed by atoms with E-state index in [4.69, 9.17) is 4.42 Å². The Morgan fingerprint density at radius 2 is 2.41 bits per heavy atom. The molecule has 90 valence electrons. The van der Waals surface area contributed by atoms with E-state index in [1.807, 2.05) is 0 Å². The van der Waals surface area contributed by atoms with E-state index in [2.05, 4.69) is 5.32 Å². The molecule has 0 spiro atoms. The number of nitrogens with one attached hydrogen (secondary N) is 1. The molecule has 0 radical (unpaired) electrons. The predicted molar refractivity (Wildman–Crippen MR) is 66.8 cm³/mol. The Kier molecular flexibility index (Phi) is 2.64. The van der Waals surface area contributed by atoms with Gasteiger partial charge >= 0.3 is 4.94 Å². The molecule has 0 bridgehead atoms. The van der Waals surface area contributed by atoms with Crippen LogP contribution in [0.2, 0.25) is 0 Å². The highest BCUT2D eigenvalue weighted by atomic mass is 32.1. The molecule has 1 atom stereocenters. The van der Waals surface area contributed by atoms with Gasteiger partial charge < -0.3 is 14.8 Å². The number of hydrogen-bond acceptors (Lipinski definition) is 5. The minimum Gasteiger partial charge on any atom is -0.508 e. The minimum atomic E-state index is -0.324. The summed E-state index contributed by atoms with van der Waals surface area (Å²) in [5.41, 5.74) is 1.42. The van der Waals surface area contributed by atoms with Gasteiger partial charge in [-0.1, -0.05) is 11.3 Å². The van der Waals surface area contributed by atoms with Crippen molar-refractivity contribution in [3.8, 4) is 5.75 Å². The molecule has 2 N–H and O–H groups in total. The number of fused-ring (bicyclic) bond motifs is 1. The second-order valence-corrected chi connectivity index (χ2v) is 5.36. The molecule has 2 aromatic rings. The van der Waals surface area contributed by atoms with Crippen LogP contribution in [0.1, 0.15) is 18.4 Å². The van der Waals surface area contributed by atoms with E-state index in [-0.39, 0.29) is 10.7 Å². The average Bonchev–Trinajstić information content (AvgIpc) is 2.87. The summed E-state index contributed by atoms with van der Waals surface area (Å²) in [7, 11) is 0. The van der Waals surface area contributed by atoms with Crippen molar-refractivity contribution in [2.45, 2.75) is 25.3 Å². The van der Waals surface area contributed by atoms with E-state index in [1.165, 1.54) is 6.42 Å². The van der Waals surface area contributed by atoms with E-state index in [1.54, 1.807) is 12.1 Å². The third kappa shape index (κ3) is 2.08. The van der Waals surface area contributed by atoms with Crippen LogP contribution in [-0.4, -0.2) is 17.7 Å². The van der Waals surface area contributed by atoms with Crippen LogP contribution in [0.25, 0.3) is 10.3 Å². The van der Waals surface area contributed by atoms with Gasteiger partial charge in [-0.05, 0) is 37.4 Å². The number of aromatic hydroxyl groups is 1. The molecule has 1 aromatic carbocycles. The zero-order valence-corrected chi connectivity index (χ0v) is 10.0. The molecular formula is C12H13NO3S. The maximum Gasteiger partial charge on any atom is 0.396 e. The number of phenols is 1. The second-order valence-electron chi connectivity index (χ2n) is 4.38. The predicted octanol–water partition coefficient (Wildman–Crippen LogP) is 1.85. The van der Waals surface area contributed by atoms with Crippen molar-refractivity contribution in [3.63, 3.8) is 0 Å². The zero-order valence-electron chi connectivity index (χ0n) is 9.23. The van der Waals surface area contributed by atoms with Crippen molar-refractivity contribution >= 4 is 21.6 Å². The second kappa shape index (κ2) is 4.16. The maximum absolute atomic E-state index is 11.1. The number of hydrogen-bond donors (Lipinski definition) is 2. The standard InChI is InChI=1S/C12H13NO3S/c14-9-6-11-10(16-12(15)17-11)5-7(9)4-8-2-1-3-13-8/h5-6,8,13-14H,1-4H2. The van der Waals surface area contributed by atoms with Crippen molar-refractivity contribution in [1.29, 1.82) is 0 Å². The van der Waals surface area contributed by atoms with Gasteiger partial charge in [0.15, 0.2) is 0 Å². The lowest BCUT2D eigenvalue weighted by Gasteiger charge is -2.11. The number of rotatable bonds is 2. The van der Waals surface area contributed by atoms with Crippen molar-refractivity contribution in [3.05, 3.63) is 27.4 Å². The molecule has 0 aliphatic carbocycles. The van der Waals surface area contributed by atoms with Crippen LogP contribution in [0.5, 0.6) is 5.75 Å². The van der Waals surface area contributed by atoms with Crippen LogP contribution in [0.4, 0.5) is 0 Å². The first-order valence-electron chi connectivity index (χ1n) is 5.71. The summed E-state index contributed by atoms with van der Waals surface area (Å²) in [5, 5.41) is 13.3. The van der Waals surface area contributed by atoms with Gasteiger partial charge in [0.25, 0.3) is 0 Å². The van der Waals surface area contributed by atoms with E-state index >= 15 is 0 Å². The van der Waals surface area contributed by atoms with Crippen LogP contribution in [0.3, 0.4) is 0 Å². The molecule has 1 unspecified atom stereocenters. The van der Waals surface area contributed by atoms with Crippen LogP contribution in [0, 0.1) is 0 Å². The van der Waals surface area contributed by atoms with Crippen molar-refractivity contribution in [2.75, 3.05) is 6.54 Å². The summed E-state index contributed by atoms with van der Waals surface area (Å²) in [6, 6.07) is 3.82. The first-order valence-corrected chi connectivity index (χ1v) is 6.53. The van der Waals surface area contributed by atoms with E-state index in [0.717, 1.165) is 36.3 Å². The van der Waals surface area contributed by atoms with Gasteiger partial charge in [-0.15, -0.1) is 0 Å². The summed E-state index contributed by atoms with van der Waals surface area (Å²) in [5.74, 6) is 0.253. The Morgan fingerprint density at radius 3 is 3.18 bits per heavy atom. The maximum atomic E-state index is 11.1. The fourth-order valence-electron chi connectivity index (χ4n) is 2.31. The largest absolute Gasteiger partial charge is 0.508 e. The Hall–Kier alpha value is -1.33. The highest BCUT2D eigenvalue weighted by Crippen LogP contribution is 2.28. The number of benzene rings is 1. The minimum absolute atomic E-state index is 0.253. The van der Waals surface area contributed by atoms with Crippen LogP contribution >= 0.6 is 11.3 Å². The van der Waals surface area contributed by atoms with Crippen LogP contribution in [0.15, 0.2) is 21.3 Å². The molecule has 1 aliphatic heterocycles. The van der Waals surface area contributed by atoms with Crippen LogP contribution in [-0.2, 0) is 6.42 Å². The van der Waals surface area contributed by atoms with Crippen molar-refractivity contribution < 1.29 is 9.52 Å². The smallest absolute Gasteiger partial charge is 0.396 e. The lowest BCUT2D eigenvalue weighted by atomic mass is 10.0. The normalized spacial score (nSPS) is 20.1. The first kappa shape index (κ1) is 10.8. The highest BCUT2D eigenvalue weighted by molar-refractivity contribution is 7.16. The molecule has 1 aromatic heterocycles. The first-order chi connectivity index (χ1) is 8.22. The van der Waals surface area contributed by atoms with Gasteiger partial charge in [-0.2, -0.15) is 0 Å². The number of phenolic OH excluding ortho intramolecular Hbond substituents is 1. The van der Waals surface area contributed by atoms with Crippen molar-refractivity contribution in [2.24, 2.45) is 0 Å². The molecule has 2 heterocycles. The topological polar surface area (TPSA) is 62.5 Å². The molecule has 3 rings (SSSR count). The van der Waals surface area contributed by atoms with Crippen molar-refractivity contribution in [1.82, 2.24) is 5.32 Å². The summed E-state index contributed by atoms with van der Waals surface area (Å²) < 4.78 is 5.76. The summed E-state index contributed by atoms with van der Waals surface area (Å²) in [4.78, 5) is 10.8. The fourth-order valence-corrected chi connectivity index (χ4v) is 2.99. The monoisotopic (exact) mass is 251 g/mol. The summed E-state index contributed by atoms with van der Waals surface area (Å²) in [6.45, 7) is 1.04. The van der Waals surface area contributed by atoms with Gasteiger partial charge in [0.1, 0.15) is 11.3 Å². The van der Waals surface area contributed by atoms with Crippen LogP contribution < -0.4 is 10.3 Å². The lowest BCUT2D eigenvalue weighted by molar-refractivity contribution is 0.462. The Balaban J connectivity index is 1.97. The zero-order chi connectivity index (χ0) is 11.8. The van der Waals surface area contributed by atoms with E-state index in [0.29, 0.717) is 16.3 Å². The fraction of sp³-hybridized carbons (Fsp3) is 0.417. The van der Waals surface area contributed by atoms with E-state index < -0.39 is 0 Å². The molecule has 17 heavy (non-hydrogen) atoms. The lowest BCUT2D eigenvalue weighted by Crippen LogP contribution is -2.23. The van der Waals surface area contributed by atoms with Gasteiger partial charge in [-0.25, -0.2) is 4.79 Å². The third-order valence-electron chi connectivity index (χ3n) is 3.16. The Morgan fingerprint density at radius 1 is 1.53 bits per heavy atom. The van der Waals surface area contributed by atoms with Gasteiger partial charge in [0, 0.05) is 12.1 Å². The highest BCUT2D eigenvalue weighted by Gasteiger charge is 2.17. The molecule has 0 saturated carbocycles. The van der Waals surface area contributed by atoms with Gasteiger partial charge in [0.05, 0.1) is 4.70 Å². The molecular weight excluding hydrogens is 238 g/mol. The molecule has 5 heteroatoms. The third-order valence-corrected chi connectivity index (χ3v) is 3.95.